The summed E-state index contributed by atoms with van der Waals surface area (Å²) in [7, 11) is 2.05. The number of hydrogen-bond donors (Lipinski definition) is 2. The SMILES string of the molecule is CN1C[C@@H](N)CCn2nccc21.O=C(O)c1nn(C(F)(F)F)c2c1CCCC2. The molecule has 0 saturated carbocycles. The molecule has 0 amide bonds. The predicted molar refractivity (Wildman–Crippen MR) is 95.2 cm³/mol. The van der Waals surface area contributed by atoms with Gasteiger partial charge in [-0.25, -0.2) is 9.48 Å². The van der Waals surface area contributed by atoms with Crippen molar-refractivity contribution in [1.29, 1.82) is 0 Å². The highest BCUT2D eigenvalue weighted by molar-refractivity contribution is 5.87. The molecule has 0 spiro atoms. The highest BCUT2D eigenvalue weighted by atomic mass is 19.4. The lowest BCUT2D eigenvalue weighted by molar-refractivity contribution is -0.214. The molecule has 1 aliphatic heterocycles. The van der Waals surface area contributed by atoms with Crippen molar-refractivity contribution >= 4 is 11.8 Å². The van der Waals surface area contributed by atoms with Gasteiger partial charge in [-0.1, -0.05) is 0 Å². The molecule has 3 N–H and O–H groups in total. The number of hydrogen-bond acceptors (Lipinski definition) is 5. The number of aromatic nitrogens is 4. The number of rotatable bonds is 1. The largest absolute Gasteiger partial charge is 0.504 e. The number of anilines is 1. The van der Waals surface area contributed by atoms with Crippen LogP contribution in [0.5, 0.6) is 0 Å². The van der Waals surface area contributed by atoms with Gasteiger partial charge in [0.25, 0.3) is 0 Å². The predicted octanol–water partition coefficient (Wildman–Crippen LogP) is 1.99. The third-order valence-electron chi connectivity index (χ3n) is 4.93. The lowest BCUT2D eigenvalue weighted by atomic mass is 9.96. The minimum absolute atomic E-state index is 0.00356. The first-order valence-electron chi connectivity index (χ1n) is 9.08. The van der Waals surface area contributed by atoms with E-state index in [9.17, 15) is 18.0 Å². The molecule has 2 aromatic rings. The molecule has 28 heavy (non-hydrogen) atoms. The molecule has 0 radical (unpaired) electrons. The maximum atomic E-state index is 12.6. The number of aromatic carboxylic acids is 1. The number of alkyl halides is 3. The van der Waals surface area contributed by atoms with Crippen LogP contribution in [0.25, 0.3) is 0 Å². The van der Waals surface area contributed by atoms with Gasteiger partial charge in [0.05, 0.1) is 11.9 Å². The number of nitrogens with two attached hydrogens (primary N) is 1. The van der Waals surface area contributed by atoms with E-state index in [0.29, 0.717) is 19.3 Å². The van der Waals surface area contributed by atoms with Crippen LogP contribution in [0, 0.1) is 0 Å². The van der Waals surface area contributed by atoms with Crippen molar-refractivity contribution in [2.24, 2.45) is 5.73 Å². The molecule has 1 aliphatic carbocycles. The van der Waals surface area contributed by atoms with Crippen molar-refractivity contribution in [3.05, 3.63) is 29.2 Å². The fraction of sp³-hybridized carbons (Fsp3) is 0.588. The Hall–Kier alpha value is -2.56. The topological polar surface area (TPSA) is 102 Å². The average molecular weight is 400 g/mol. The van der Waals surface area contributed by atoms with Crippen molar-refractivity contribution in [3.8, 4) is 0 Å². The Morgan fingerprint density at radius 1 is 1.32 bits per heavy atom. The van der Waals surface area contributed by atoms with E-state index in [1.54, 1.807) is 0 Å². The molecule has 0 aromatic carbocycles. The van der Waals surface area contributed by atoms with E-state index >= 15 is 0 Å². The molecule has 0 unspecified atom stereocenters. The number of halogens is 3. The molecular formula is C17H23F3N6O2. The van der Waals surface area contributed by atoms with Crippen molar-refractivity contribution in [1.82, 2.24) is 19.6 Å². The number of likely N-dealkylation sites (N-methyl/N-ethyl adjacent to an activating group) is 1. The van der Waals surface area contributed by atoms with E-state index in [1.165, 1.54) is 5.82 Å². The van der Waals surface area contributed by atoms with Gasteiger partial charge in [0, 0.05) is 37.8 Å². The van der Waals surface area contributed by atoms with Gasteiger partial charge in [0.1, 0.15) is 5.82 Å². The lowest BCUT2D eigenvalue weighted by Gasteiger charge is -2.18. The van der Waals surface area contributed by atoms with Gasteiger partial charge in [-0.05, 0) is 32.1 Å². The van der Waals surface area contributed by atoms with E-state index in [4.69, 9.17) is 10.8 Å². The number of carbonyl (C=O) groups is 1. The Labute approximate surface area is 159 Å². The minimum Gasteiger partial charge on any atom is -0.476 e. The highest BCUT2D eigenvalue weighted by Gasteiger charge is 2.38. The Morgan fingerprint density at radius 3 is 2.71 bits per heavy atom. The highest BCUT2D eigenvalue weighted by Crippen LogP contribution is 2.31. The molecular weight excluding hydrogens is 377 g/mol. The van der Waals surface area contributed by atoms with Gasteiger partial charge >= 0.3 is 12.3 Å². The Kier molecular flexibility index (Phi) is 5.64. The zero-order valence-corrected chi connectivity index (χ0v) is 15.5. The second kappa shape index (κ2) is 7.82. The minimum atomic E-state index is -4.64. The van der Waals surface area contributed by atoms with Crippen LogP contribution in [-0.4, -0.2) is 50.3 Å². The summed E-state index contributed by atoms with van der Waals surface area (Å²) in [5, 5.41) is 16.2. The number of carboxylic acids is 1. The summed E-state index contributed by atoms with van der Waals surface area (Å²) >= 11 is 0. The van der Waals surface area contributed by atoms with Crippen LogP contribution in [0.15, 0.2) is 12.3 Å². The van der Waals surface area contributed by atoms with E-state index in [2.05, 4.69) is 22.1 Å². The molecule has 3 heterocycles. The molecule has 4 rings (SSSR count). The summed E-state index contributed by atoms with van der Waals surface area (Å²) in [6.07, 6.45) is 0.129. The first kappa shape index (κ1) is 20.2. The summed E-state index contributed by atoms with van der Waals surface area (Å²) in [6, 6.07) is 2.30. The van der Waals surface area contributed by atoms with Crippen LogP contribution in [-0.2, 0) is 25.7 Å². The second-order valence-corrected chi connectivity index (χ2v) is 7.01. The van der Waals surface area contributed by atoms with Crippen molar-refractivity contribution < 1.29 is 23.1 Å². The van der Waals surface area contributed by atoms with Gasteiger partial charge in [-0.15, -0.1) is 13.2 Å². The summed E-state index contributed by atoms with van der Waals surface area (Å²) in [6.45, 7) is 1.86. The molecule has 11 heteroatoms. The molecule has 2 aliphatic rings. The van der Waals surface area contributed by atoms with Crippen molar-refractivity contribution in [2.45, 2.75) is 51.0 Å². The van der Waals surface area contributed by atoms with Crippen LogP contribution < -0.4 is 10.6 Å². The monoisotopic (exact) mass is 400 g/mol. The third kappa shape index (κ3) is 4.13. The van der Waals surface area contributed by atoms with Crippen LogP contribution in [0.1, 0.15) is 41.0 Å². The van der Waals surface area contributed by atoms with Gasteiger partial charge in [0.2, 0.25) is 0 Å². The fourth-order valence-corrected chi connectivity index (χ4v) is 3.63. The van der Waals surface area contributed by atoms with Crippen LogP contribution in [0.3, 0.4) is 0 Å². The molecule has 0 fully saturated rings. The Morgan fingerprint density at radius 2 is 2.04 bits per heavy atom. The Balaban J connectivity index is 0.000000167. The second-order valence-electron chi connectivity index (χ2n) is 7.01. The molecule has 2 aromatic heterocycles. The van der Waals surface area contributed by atoms with Gasteiger partial charge in [-0.2, -0.15) is 14.9 Å². The fourth-order valence-electron chi connectivity index (χ4n) is 3.63. The maximum absolute atomic E-state index is 12.6. The number of carboxylic acid groups (broad SMARTS) is 1. The third-order valence-corrected chi connectivity index (χ3v) is 4.93. The first-order valence-corrected chi connectivity index (χ1v) is 9.08. The number of aryl methyl sites for hydroxylation is 1. The van der Waals surface area contributed by atoms with E-state index in [-0.39, 0.29) is 28.4 Å². The van der Waals surface area contributed by atoms with E-state index in [0.717, 1.165) is 19.5 Å². The summed E-state index contributed by atoms with van der Waals surface area (Å²) < 4.78 is 39.6. The lowest BCUT2D eigenvalue weighted by Crippen LogP contribution is -2.33. The molecule has 154 valence electrons. The smallest absolute Gasteiger partial charge is 0.476 e. The molecule has 1 atom stereocenters. The first-order chi connectivity index (χ1) is 13.2. The standard InChI is InChI=1S/C9H9F3N2O2.C8H14N4/c10-9(11,12)14-6-4-2-1-3-5(6)7(13-14)8(15)16;1-11-6-7(9)3-5-12-8(11)2-4-10-12/h1-4H2,(H,15,16);2,4,7H,3,5-6,9H2,1H3/t;7-/m.0/s1. The number of fused-ring (bicyclic) bond motifs is 2. The molecule has 8 nitrogen and oxygen atoms in total. The molecule has 0 bridgehead atoms. The van der Waals surface area contributed by atoms with Crippen molar-refractivity contribution in [2.75, 3.05) is 18.5 Å². The van der Waals surface area contributed by atoms with Crippen molar-refractivity contribution in [3.63, 3.8) is 0 Å². The zero-order valence-electron chi connectivity index (χ0n) is 15.5. The summed E-state index contributed by atoms with van der Waals surface area (Å²) in [5.41, 5.74) is 5.64. The van der Waals surface area contributed by atoms with Gasteiger partial charge in [0.15, 0.2) is 5.69 Å². The van der Waals surface area contributed by atoms with E-state index in [1.807, 2.05) is 16.9 Å². The van der Waals surface area contributed by atoms with E-state index < -0.39 is 18.0 Å². The maximum Gasteiger partial charge on any atom is 0.504 e. The van der Waals surface area contributed by atoms with Gasteiger partial charge in [-0.3, -0.25) is 0 Å². The normalized spacial score (nSPS) is 19.2. The van der Waals surface area contributed by atoms with Crippen LogP contribution in [0.4, 0.5) is 19.0 Å². The average Bonchev–Trinajstić information content (AvgIpc) is 3.22. The van der Waals surface area contributed by atoms with Crippen LogP contribution >= 0.6 is 0 Å². The zero-order chi connectivity index (χ0) is 20.5. The summed E-state index contributed by atoms with van der Waals surface area (Å²) in [4.78, 5) is 12.9. The van der Waals surface area contributed by atoms with Crippen LogP contribution in [0.2, 0.25) is 0 Å². The Bertz CT molecular complexity index is 845. The summed E-state index contributed by atoms with van der Waals surface area (Å²) in [5.74, 6) is -0.232. The van der Waals surface area contributed by atoms with Gasteiger partial charge < -0.3 is 15.7 Å². The number of nitrogens with zero attached hydrogens (tertiary/aromatic N) is 5. The quantitative estimate of drug-likeness (QED) is 0.759. The molecule has 0 saturated heterocycles.